The highest BCUT2D eigenvalue weighted by molar-refractivity contribution is 6.01. The number of amides is 4. The van der Waals surface area contributed by atoms with Crippen molar-refractivity contribution in [2.24, 2.45) is 5.41 Å². The van der Waals surface area contributed by atoms with Crippen LogP contribution in [0.2, 0.25) is 0 Å². The third kappa shape index (κ3) is 11.0. The Hall–Kier alpha value is -5.39. The Kier molecular flexibility index (Phi) is 12.3. The number of rotatable bonds is 14. The van der Waals surface area contributed by atoms with E-state index in [2.05, 4.69) is 21.3 Å². The topological polar surface area (TPSA) is 172 Å². The fraction of sp³-hybridized carbons (Fsp3) is 0.324. The summed E-state index contributed by atoms with van der Waals surface area (Å²) in [7, 11) is 2.72. The van der Waals surface area contributed by atoms with E-state index in [0.29, 0.717) is 33.9 Å². The lowest BCUT2D eigenvalue weighted by atomic mass is 9.85. The van der Waals surface area contributed by atoms with Crippen molar-refractivity contribution in [1.82, 2.24) is 5.32 Å². The number of benzene rings is 3. The molecule has 0 radical (unpaired) electrons. The number of carbonyl (C=O) groups is 5. The molecule has 0 heterocycles. The van der Waals surface area contributed by atoms with E-state index in [1.54, 1.807) is 62.4 Å². The van der Waals surface area contributed by atoms with Crippen molar-refractivity contribution in [3.8, 4) is 5.75 Å². The summed E-state index contributed by atoms with van der Waals surface area (Å²) in [4.78, 5) is 61.3. The average Bonchev–Trinajstić information content (AvgIpc) is 2.98. The normalized spacial score (nSPS) is 11.5. The third-order valence-electron chi connectivity index (χ3n) is 7.07. The molecule has 0 aromatic heterocycles. The predicted molar refractivity (Wildman–Crippen MR) is 174 cm³/mol. The second-order valence-corrected chi connectivity index (χ2v) is 11.6. The molecule has 0 spiro atoms. The molecule has 1 atom stereocenters. The minimum atomic E-state index is -1.01. The summed E-state index contributed by atoms with van der Waals surface area (Å²) in [5, 5.41) is 20.3. The molecule has 0 unspecified atom stereocenters. The SMILES string of the molecule is COC(=O)C[C@@H](NC(=O)CC(C)(C)CC(=O)O)c1ccc(NC(=O)Cc2ccc(NC(=O)Nc3ccccc3C)c(OC)c2)cc1. The van der Waals surface area contributed by atoms with Crippen LogP contribution in [0.15, 0.2) is 66.7 Å². The van der Waals surface area contributed by atoms with Crippen molar-refractivity contribution >= 4 is 46.8 Å². The van der Waals surface area contributed by atoms with Crippen molar-refractivity contribution in [3.63, 3.8) is 0 Å². The molecule has 0 aliphatic carbocycles. The monoisotopic (exact) mass is 632 g/mol. The molecule has 12 heteroatoms. The maximum absolute atomic E-state index is 12.8. The largest absolute Gasteiger partial charge is 0.495 e. The number of para-hydroxylation sites is 1. The standard InChI is InChI=1S/C34H40N4O8/c1-21-8-6-7-9-25(21)37-33(44)38-26-15-10-22(16-28(26)45-4)17-29(39)35-24-13-11-23(12-14-24)27(18-32(43)46-5)36-30(40)19-34(2,3)20-31(41)42/h6-16,27H,17-20H2,1-5H3,(H,35,39)(H,36,40)(H,41,42)(H2,37,38,44)/t27-/m1/s1. The molecule has 0 saturated carbocycles. The first-order valence-corrected chi connectivity index (χ1v) is 14.6. The van der Waals surface area contributed by atoms with Crippen molar-refractivity contribution in [3.05, 3.63) is 83.4 Å². The zero-order chi connectivity index (χ0) is 33.9. The van der Waals surface area contributed by atoms with Crippen LogP contribution >= 0.6 is 0 Å². The number of carboxylic acids is 1. The Morgan fingerprint density at radius 2 is 1.50 bits per heavy atom. The number of methoxy groups -OCH3 is 2. The second kappa shape index (κ2) is 16.1. The van der Waals surface area contributed by atoms with E-state index >= 15 is 0 Å². The van der Waals surface area contributed by atoms with Gasteiger partial charge in [0.05, 0.1) is 45.2 Å². The number of ether oxygens (including phenoxy) is 2. The molecule has 5 N–H and O–H groups in total. The zero-order valence-corrected chi connectivity index (χ0v) is 26.6. The van der Waals surface area contributed by atoms with Crippen LogP contribution < -0.4 is 26.0 Å². The molecule has 3 aromatic carbocycles. The van der Waals surface area contributed by atoms with E-state index in [9.17, 15) is 24.0 Å². The molecule has 244 valence electrons. The van der Waals surface area contributed by atoms with Gasteiger partial charge in [-0.1, -0.05) is 50.2 Å². The molecule has 0 aliphatic rings. The lowest BCUT2D eigenvalue weighted by Gasteiger charge is -2.24. The summed E-state index contributed by atoms with van der Waals surface area (Å²) >= 11 is 0. The molecule has 4 amide bonds. The molecule has 0 fully saturated rings. The Labute approximate surface area is 267 Å². The molecule has 0 aliphatic heterocycles. The van der Waals surface area contributed by atoms with Crippen LogP contribution in [0, 0.1) is 12.3 Å². The lowest BCUT2D eigenvalue weighted by molar-refractivity contribution is -0.141. The molecule has 3 aromatic rings. The molecular weight excluding hydrogens is 592 g/mol. The first-order valence-electron chi connectivity index (χ1n) is 14.6. The first-order chi connectivity index (χ1) is 21.8. The van der Waals surface area contributed by atoms with E-state index in [1.807, 2.05) is 25.1 Å². The lowest BCUT2D eigenvalue weighted by Crippen LogP contribution is -2.34. The number of urea groups is 1. The van der Waals surface area contributed by atoms with E-state index < -0.39 is 35.3 Å². The van der Waals surface area contributed by atoms with Gasteiger partial charge in [0.1, 0.15) is 5.75 Å². The van der Waals surface area contributed by atoms with Crippen LogP contribution in [0.3, 0.4) is 0 Å². The van der Waals surface area contributed by atoms with E-state index in [4.69, 9.17) is 14.6 Å². The third-order valence-corrected chi connectivity index (χ3v) is 7.07. The van der Waals surface area contributed by atoms with E-state index in [0.717, 1.165) is 5.56 Å². The van der Waals surface area contributed by atoms with Gasteiger partial charge < -0.3 is 35.8 Å². The minimum Gasteiger partial charge on any atom is -0.495 e. The van der Waals surface area contributed by atoms with Gasteiger partial charge in [0, 0.05) is 17.8 Å². The number of carboxylic acid groups (broad SMARTS) is 1. The van der Waals surface area contributed by atoms with Gasteiger partial charge in [-0.2, -0.15) is 0 Å². The fourth-order valence-corrected chi connectivity index (χ4v) is 4.78. The average molecular weight is 633 g/mol. The minimum absolute atomic E-state index is 0.0287. The van der Waals surface area contributed by atoms with Crippen LogP contribution in [0.5, 0.6) is 5.75 Å². The van der Waals surface area contributed by atoms with Gasteiger partial charge in [0.15, 0.2) is 0 Å². The summed E-state index contributed by atoms with van der Waals surface area (Å²) in [6, 6.07) is 18.0. The molecule has 3 rings (SSSR count). The van der Waals surface area contributed by atoms with Gasteiger partial charge in [0.25, 0.3) is 0 Å². The highest BCUT2D eigenvalue weighted by Gasteiger charge is 2.27. The fourth-order valence-electron chi connectivity index (χ4n) is 4.78. The number of aryl methyl sites for hydroxylation is 1. The summed E-state index contributed by atoms with van der Waals surface area (Å²) < 4.78 is 10.2. The van der Waals surface area contributed by atoms with Crippen LogP contribution in [0.25, 0.3) is 0 Å². The zero-order valence-electron chi connectivity index (χ0n) is 26.6. The number of hydrogen-bond donors (Lipinski definition) is 5. The Bertz CT molecular complexity index is 1570. The molecule has 12 nitrogen and oxygen atoms in total. The Morgan fingerprint density at radius 1 is 0.826 bits per heavy atom. The van der Waals surface area contributed by atoms with Crippen LogP contribution in [-0.2, 0) is 30.3 Å². The van der Waals surface area contributed by atoms with Gasteiger partial charge >= 0.3 is 18.0 Å². The van der Waals surface area contributed by atoms with Crippen molar-refractivity contribution in [2.75, 3.05) is 30.2 Å². The van der Waals surface area contributed by atoms with Gasteiger partial charge in [-0.3, -0.25) is 19.2 Å². The number of esters is 1. The van der Waals surface area contributed by atoms with Crippen LogP contribution in [0.4, 0.5) is 21.9 Å². The van der Waals surface area contributed by atoms with Gasteiger partial charge in [-0.25, -0.2) is 4.79 Å². The van der Waals surface area contributed by atoms with Crippen molar-refractivity contribution < 1.29 is 38.6 Å². The predicted octanol–water partition coefficient (Wildman–Crippen LogP) is 5.44. The molecular formula is C34H40N4O8. The first kappa shape index (κ1) is 35.1. The summed E-state index contributed by atoms with van der Waals surface area (Å²) in [6.07, 6.45) is -0.335. The Balaban J connectivity index is 1.62. The number of nitrogens with one attached hydrogen (secondary N) is 4. The maximum Gasteiger partial charge on any atom is 0.323 e. The molecule has 46 heavy (non-hydrogen) atoms. The van der Waals surface area contributed by atoms with Gasteiger partial charge in [0.2, 0.25) is 11.8 Å². The van der Waals surface area contributed by atoms with Crippen molar-refractivity contribution in [2.45, 2.75) is 52.5 Å². The highest BCUT2D eigenvalue weighted by Crippen LogP contribution is 2.28. The summed E-state index contributed by atoms with van der Waals surface area (Å²) in [6.45, 7) is 5.25. The maximum atomic E-state index is 12.8. The van der Waals surface area contributed by atoms with E-state index in [-0.39, 0.29) is 31.6 Å². The van der Waals surface area contributed by atoms with Crippen molar-refractivity contribution in [1.29, 1.82) is 0 Å². The second-order valence-electron chi connectivity index (χ2n) is 11.6. The number of hydrogen-bond acceptors (Lipinski definition) is 7. The summed E-state index contributed by atoms with van der Waals surface area (Å²) in [5.74, 6) is -1.85. The van der Waals surface area contributed by atoms with E-state index in [1.165, 1.54) is 14.2 Å². The van der Waals surface area contributed by atoms with Crippen LogP contribution in [-0.4, -0.2) is 49.1 Å². The van der Waals surface area contributed by atoms with Gasteiger partial charge in [-0.05, 0) is 59.4 Å². The Morgan fingerprint density at radius 3 is 2.13 bits per heavy atom. The van der Waals surface area contributed by atoms with Gasteiger partial charge in [-0.15, -0.1) is 0 Å². The number of aliphatic carboxylic acids is 1. The molecule has 0 bridgehead atoms. The quantitative estimate of drug-likeness (QED) is 0.146. The smallest absolute Gasteiger partial charge is 0.323 e. The number of anilines is 3. The number of carbonyl (C=O) groups excluding carboxylic acids is 4. The highest BCUT2D eigenvalue weighted by atomic mass is 16.5. The van der Waals surface area contributed by atoms with Crippen LogP contribution in [0.1, 0.15) is 55.8 Å². The molecule has 0 saturated heterocycles. The summed E-state index contributed by atoms with van der Waals surface area (Å²) in [5.41, 5.74) is 3.01.